The highest BCUT2D eigenvalue weighted by atomic mass is 19.1. The standard InChI is InChI=1S/C31H22FN2O/c1-18-11-13-24-25-14-12-21(16-33)29(23-10-6-8-20-7-4-5-9-22(20)23)31(25)35-30(24)28(18)27-15-26(32)19(2)17-34(27)3/h4-15,17H,1-3H3/q+1/i2D3,15D,17D. The molecule has 4 aromatic carbocycles. The number of benzene rings is 4. The molecule has 2 heterocycles. The van der Waals surface area contributed by atoms with Crippen molar-refractivity contribution in [2.24, 2.45) is 7.05 Å². The number of halogens is 1. The zero-order valence-corrected chi connectivity index (χ0v) is 19.0. The maximum atomic E-state index is 15.4. The first kappa shape index (κ1) is 16.2. The summed E-state index contributed by atoms with van der Waals surface area (Å²) in [7, 11) is 1.45. The Hall–Kier alpha value is -4.49. The molecule has 0 saturated carbocycles. The number of aryl methyl sites for hydroxylation is 1. The normalized spacial score (nSPS) is 13.8. The highest BCUT2D eigenvalue weighted by Crippen LogP contribution is 2.43. The fourth-order valence-electron chi connectivity index (χ4n) is 4.85. The van der Waals surface area contributed by atoms with Gasteiger partial charge in [-0.15, -0.1) is 0 Å². The van der Waals surface area contributed by atoms with Gasteiger partial charge < -0.3 is 4.42 Å². The largest absolute Gasteiger partial charge is 0.454 e. The molecule has 2 aromatic heterocycles. The van der Waals surface area contributed by atoms with Crippen LogP contribution in [-0.4, -0.2) is 0 Å². The van der Waals surface area contributed by atoms with Crippen molar-refractivity contribution < 1.29 is 20.2 Å². The maximum absolute atomic E-state index is 15.4. The van der Waals surface area contributed by atoms with Crippen molar-refractivity contribution >= 4 is 32.7 Å². The first-order valence-corrected chi connectivity index (χ1v) is 11.1. The van der Waals surface area contributed by atoms with Gasteiger partial charge in [-0.05, 0) is 47.8 Å². The highest BCUT2D eigenvalue weighted by molar-refractivity contribution is 6.15. The van der Waals surface area contributed by atoms with Gasteiger partial charge in [-0.3, -0.25) is 0 Å². The van der Waals surface area contributed by atoms with Crippen LogP contribution >= 0.6 is 0 Å². The van der Waals surface area contributed by atoms with E-state index in [-0.39, 0.29) is 5.69 Å². The fourth-order valence-corrected chi connectivity index (χ4v) is 4.85. The average Bonchev–Trinajstić information content (AvgIpc) is 3.30. The summed E-state index contributed by atoms with van der Waals surface area (Å²) < 4.78 is 63.3. The molecule has 0 amide bonds. The van der Waals surface area contributed by atoms with E-state index in [9.17, 15) is 5.26 Å². The van der Waals surface area contributed by atoms with Crippen molar-refractivity contribution in [1.29, 1.82) is 5.26 Å². The first-order chi connectivity index (χ1) is 19.0. The summed E-state index contributed by atoms with van der Waals surface area (Å²) in [5, 5.41) is 13.4. The number of nitrogens with zero attached hydrogens (tertiary/aromatic N) is 2. The van der Waals surface area contributed by atoms with Crippen LogP contribution in [0.5, 0.6) is 0 Å². The van der Waals surface area contributed by atoms with Gasteiger partial charge in [0.05, 0.1) is 18.6 Å². The molecule has 0 fully saturated rings. The molecule has 35 heavy (non-hydrogen) atoms. The molecule has 6 aromatic rings. The Bertz CT molecular complexity index is 2040. The summed E-state index contributed by atoms with van der Waals surface area (Å²) in [5.41, 5.74) is 2.97. The zero-order valence-electron chi connectivity index (χ0n) is 24.0. The van der Waals surface area contributed by atoms with E-state index in [0.717, 1.165) is 21.7 Å². The summed E-state index contributed by atoms with van der Waals surface area (Å²) in [6.07, 6.45) is -0.542. The summed E-state index contributed by atoms with van der Waals surface area (Å²) in [6, 6.07) is 22.6. The summed E-state index contributed by atoms with van der Waals surface area (Å²) in [4.78, 5) is 0. The number of fused-ring (bicyclic) bond motifs is 4. The van der Waals surface area contributed by atoms with E-state index < -0.39 is 30.4 Å². The molecule has 0 radical (unpaired) electrons. The van der Waals surface area contributed by atoms with Crippen LogP contribution in [0.15, 0.2) is 83.4 Å². The van der Waals surface area contributed by atoms with E-state index >= 15 is 4.39 Å². The van der Waals surface area contributed by atoms with Gasteiger partial charge in [-0.25, -0.2) is 8.96 Å². The quantitative estimate of drug-likeness (QED) is 0.250. The molecule has 168 valence electrons. The minimum Gasteiger partial charge on any atom is -0.454 e. The third kappa shape index (κ3) is 3.13. The highest BCUT2D eigenvalue weighted by Gasteiger charge is 2.24. The van der Waals surface area contributed by atoms with Crippen LogP contribution in [-0.2, 0) is 7.05 Å². The third-order valence-electron chi connectivity index (χ3n) is 6.50. The van der Waals surface area contributed by atoms with E-state index in [4.69, 9.17) is 11.3 Å². The molecule has 0 atom stereocenters. The summed E-state index contributed by atoms with van der Waals surface area (Å²) >= 11 is 0. The minimum absolute atomic E-state index is 0.0323. The van der Waals surface area contributed by atoms with Gasteiger partial charge in [-0.2, -0.15) is 5.26 Å². The van der Waals surface area contributed by atoms with Gasteiger partial charge in [0.2, 0.25) is 5.69 Å². The zero-order chi connectivity index (χ0) is 28.5. The number of pyridine rings is 1. The molecule has 3 nitrogen and oxygen atoms in total. The number of nitriles is 1. The number of hydrogen-bond donors (Lipinski definition) is 0. The molecule has 0 bridgehead atoms. The predicted octanol–water partition coefficient (Wildman–Crippen LogP) is 7.53. The van der Waals surface area contributed by atoms with E-state index in [1.165, 1.54) is 11.6 Å². The van der Waals surface area contributed by atoms with Crippen molar-refractivity contribution in [2.45, 2.75) is 13.8 Å². The number of hydrogen-bond acceptors (Lipinski definition) is 2. The van der Waals surface area contributed by atoms with E-state index in [2.05, 4.69) is 6.07 Å². The Labute approximate surface area is 209 Å². The lowest BCUT2D eigenvalue weighted by Crippen LogP contribution is -2.31. The van der Waals surface area contributed by atoms with Crippen LogP contribution in [0.3, 0.4) is 0 Å². The molecule has 4 heteroatoms. The van der Waals surface area contributed by atoms with Gasteiger partial charge in [-0.1, -0.05) is 54.6 Å². The van der Waals surface area contributed by atoms with Crippen molar-refractivity contribution in [3.8, 4) is 28.5 Å². The second kappa shape index (κ2) is 7.78. The van der Waals surface area contributed by atoms with Crippen LogP contribution in [0.2, 0.25) is 0 Å². The molecule has 6 rings (SSSR count). The molecule has 0 spiro atoms. The van der Waals surface area contributed by atoms with Crippen molar-refractivity contribution in [1.82, 2.24) is 0 Å². The first-order valence-electron chi connectivity index (χ1n) is 13.6. The molecule has 0 unspecified atom stereocenters. The Kier molecular flexibility index (Phi) is 3.60. The average molecular weight is 463 g/mol. The number of aromatic nitrogens is 1. The number of furan rings is 1. The Morgan fingerprint density at radius 3 is 2.46 bits per heavy atom. The van der Waals surface area contributed by atoms with Crippen LogP contribution < -0.4 is 4.57 Å². The monoisotopic (exact) mass is 462 g/mol. The molecule has 0 aliphatic heterocycles. The van der Waals surface area contributed by atoms with Crippen molar-refractivity contribution in [3.63, 3.8) is 0 Å². The van der Waals surface area contributed by atoms with Gasteiger partial charge in [0, 0.05) is 32.1 Å². The maximum Gasteiger partial charge on any atom is 0.219 e. The van der Waals surface area contributed by atoms with E-state index in [1.54, 1.807) is 13.0 Å². The predicted molar refractivity (Wildman–Crippen MR) is 137 cm³/mol. The SMILES string of the molecule is [2H]c1c(F)c(C([2H])([2H])[2H])c([2H])[n+](C)c1-c1c(C)ccc2c1oc1c(-c3cccc4ccccc34)c(C#N)ccc12. The molecule has 0 saturated heterocycles. The van der Waals surface area contributed by atoms with Crippen LogP contribution in [0, 0.1) is 30.9 Å². The molecule has 0 N–H and O–H groups in total. The lowest BCUT2D eigenvalue weighted by atomic mass is 9.93. The third-order valence-corrected chi connectivity index (χ3v) is 6.50. The summed E-state index contributed by atoms with van der Waals surface area (Å²) in [6.45, 7) is -1.11. The second-order valence-electron chi connectivity index (χ2n) is 8.57. The van der Waals surface area contributed by atoms with Crippen LogP contribution in [0.4, 0.5) is 4.39 Å². The molecule has 0 aliphatic rings. The fraction of sp³-hybridized carbons (Fsp3) is 0.0968. The van der Waals surface area contributed by atoms with Crippen LogP contribution in [0.1, 0.15) is 23.5 Å². The molecular formula is C31H22FN2O+. The van der Waals surface area contributed by atoms with Crippen LogP contribution in [0.25, 0.3) is 55.1 Å². The van der Waals surface area contributed by atoms with E-state index in [0.29, 0.717) is 38.8 Å². The summed E-state index contributed by atoms with van der Waals surface area (Å²) in [5.74, 6) is -1.26. The molecular weight excluding hydrogens is 435 g/mol. The lowest BCUT2D eigenvalue weighted by Gasteiger charge is -2.09. The minimum atomic E-state index is -2.89. The second-order valence-corrected chi connectivity index (χ2v) is 8.57. The lowest BCUT2D eigenvalue weighted by molar-refractivity contribution is -0.661. The number of rotatable bonds is 2. The van der Waals surface area contributed by atoms with E-state index in [1.807, 2.05) is 60.7 Å². The Balaban J connectivity index is 1.75. The van der Waals surface area contributed by atoms with Gasteiger partial charge >= 0.3 is 0 Å². The van der Waals surface area contributed by atoms with Gasteiger partial charge in [0.15, 0.2) is 6.17 Å². The molecule has 0 aliphatic carbocycles. The Morgan fingerprint density at radius 1 is 0.914 bits per heavy atom. The van der Waals surface area contributed by atoms with Crippen molar-refractivity contribution in [3.05, 3.63) is 101 Å². The van der Waals surface area contributed by atoms with Gasteiger partial charge in [0.25, 0.3) is 0 Å². The van der Waals surface area contributed by atoms with Gasteiger partial charge in [0.1, 0.15) is 25.4 Å². The smallest absolute Gasteiger partial charge is 0.219 e. The van der Waals surface area contributed by atoms with Crippen molar-refractivity contribution in [2.75, 3.05) is 0 Å². The Morgan fingerprint density at radius 2 is 1.66 bits per heavy atom. The topological polar surface area (TPSA) is 40.8 Å².